The maximum atomic E-state index is 11.6. The molecule has 0 aliphatic rings. The summed E-state index contributed by atoms with van der Waals surface area (Å²) in [5.74, 6) is -0.213. The third-order valence-corrected chi connectivity index (χ3v) is 3.80. The minimum absolute atomic E-state index is 0. The van der Waals surface area contributed by atoms with E-state index in [0.29, 0.717) is 17.8 Å². The molecule has 0 aliphatic carbocycles. The minimum atomic E-state index is -3.29. The van der Waals surface area contributed by atoms with Crippen LogP contribution in [0.5, 0.6) is 0 Å². The van der Waals surface area contributed by atoms with Crippen LogP contribution in [-0.2, 0) is 14.8 Å². The average Bonchev–Trinajstić information content (AvgIpc) is 2.31. The number of nitrogens with two attached hydrogens (primary N) is 1. The first kappa shape index (κ1) is 18.7. The molecule has 0 aromatic heterocycles. The summed E-state index contributed by atoms with van der Waals surface area (Å²) in [5, 5.41) is 2.62. The second-order valence-electron chi connectivity index (χ2n) is 4.28. The average molecular weight is 322 g/mol. The number of hydrogen-bond donors (Lipinski definition) is 3. The number of nitrogens with one attached hydrogen (secondary N) is 2. The summed E-state index contributed by atoms with van der Waals surface area (Å²) in [6.45, 7) is 3.38. The number of hydrogen-bond acceptors (Lipinski definition) is 4. The van der Waals surface area contributed by atoms with Crippen LogP contribution in [0.1, 0.15) is 20.3 Å². The number of anilines is 2. The molecule has 114 valence electrons. The molecule has 0 spiro atoms. The fraction of sp³-hybridized carbons (Fsp3) is 0.417. The molecule has 0 unspecified atom stereocenters. The molecule has 1 aromatic carbocycles. The Hall–Kier alpha value is -1.31. The Morgan fingerprint density at radius 1 is 1.25 bits per heavy atom. The van der Waals surface area contributed by atoms with Gasteiger partial charge in [0.2, 0.25) is 15.9 Å². The van der Waals surface area contributed by atoms with Gasteiger partial charge in [-0.15, -0.1) is 12.4 Å². The van der Waals surface area contributed by atoms with Crippen molar-refractivity contribution in [2.45, 2.75) is 26.3 Å². The molecule has 1 atom stereocenters. The monoisotopic (exact) mass is 321 g/mol. The number of amides is 1. The molecule has 1 rings (SSSR count). The fourth-order valence-corrected chi connectivity index (χ4v) is 2.51. The number of carbonyl (C=O) groups is 1. The van der Waals surface area contributed by atoms with Gasteiger partial charge in [0.05, 0.1) is 11.8 Å². The molecular weight excluding hydrogens is 302 g/mol. The van der Waals surface area contributed by atoms with Crippen LogP contribution in [0, 0.1) is 0 Å². The zero-order valence-corrected chi connectivity index (χ0v) is 13.1. The molecule has 20 heavy (non-hydrogen) atoms. The molecule has 0 bridgehead atoms. The van der Waals surface area contributed by atoms with Crippen molar-refractivity contribution in [1.82, 2.24) is 0 Å². The highest BCUT2D eigenvalue weighted by molar-refractivity contribution is 7.92. The summed E-state index contributed by atoms with van der Waals surface area (Å²) in [6.07, 6.45) is 0.553. The van der Waals surface area contributed by atoms with E-state index >= 15 is 0 Å². The Balaban J connectivity index is 0.00000361. The van der Waals surface area contributed by atoms with Crippen molar-refractivity contribution in [1.29, 1.82) is 0 Å². The second-order valence-corrected chi connectivity index (χ2v) is 6.12. The molecular formula is C12H20ClN3O3S. The van der Waals surface area contributed by atoms with Crippen LogP contribution in [0.15, 0.2) is 24.3 Å². The maximum Gasteiger partial charge on any atom is 0.240 e. The summed E-state index contributed by atoms with van der Waals surface area (Å²) in [7, 11) is -3.29. The van der Waals surface area contributed by atoms with Crippen molar-refractivity contribution >= 4 is 39.7 Å². The van der Waals surface area contributed by atoms with Crippen molar-refractivity contribution in [2.75, 3.05) is 15.8 Å². The SMILES string of the molecule is CCCS(=O)(=O)Nc1ccc(NC(=O)[C@@H](C)N)cc1.Cl. The van der Waals surface area contributed by atoms with Gasteiger partial charge in [-0.25, -0.2) is 8.42 Å². The summed E-state index contributed by atoms with van der Waals surface area (Å²) < 4.78 is 25.6. The van der Waals surface area contributed by atoms with Crippen molar-refractivity contribution in [3.8, 4) is 0 Å². The van der Waals surface area contributed by atoms with E-state index in [0.717, 1.165) is 0 Å². The molecule has 0 fully saturated rings. The molecule has 0 heterocycles. The highest BCUT2D eigenvalue weighted by Gasteiger charge is 2.10. The first-order chi connectivity index (χ1) is 8.84. The van der Waals surface area contributed by atoms with Crippen LogP contribution in [0.25, 0.3) is 0 Å². The van der Waals surface area contributed by atoms with Crippen molar-refractivity contribution in [3.63, 3.8) is 0 Å². The van der Waals surface area contributed by atoms with Crippen LogP contribution < -0.4 is 15.8 Å². The van der Waals surface area contributed by atoms with E-state index in [1.54, 1.807) is 38.1 Å². The molecule has 0 saturated carbocycles. The Morgan fingerprint density at radius 3 is 2.20 bits per heavy atom. The first-order valence-corrected chi connectivity index (χ1v) is 7.66. The third kappa shape index (κ3) is 6.23. The van der Waals surface area contributed by atoms with Gasteiger partial charge in [0.1, 0.15) is 0 Å². The van der Waals surface area contributed by atoms with Crippen LogP contribution >= 0.6 is 12.4 Å². The number of rotatable bonds is 6. The summed E-state index contributed by atoms with van der Waals surface area (Å²) in [6, 6.07) is 5.81. The first-order valence-electron chi connectivity index (χ1n) is 6.01. The highest BCUT2D eigenvalue weighted by atomic mass is 35.5. The molecule has 1 amide bonds. The molecule has 1 aromatic rings. The molecule has 0 saturated heterocycles. The zero-order valence-electron chi connectivity index (χ0n) is 11.4. The molecule has 6 nitrogen and oxygen atoms in total. The standard InChI is InChI=1S/C12H19N3O3S.ClH/c1-3-8-19(17,18)15-11-6-4-10(5-7-11)14-12(16)9(2)13;/h4-7,9,15H,3,8,13H2,1-2H3,(H,14,16);1H/t9-;/m1./s1. The van der Waals surface area contributed by atoms with E-state index in [9.17, 15) is 13.2 Å². The summed E-state index contributed by atoms with van der Waals surface area (Å²) in [5.41, 5.74) is 6.46. The van der Waals surface area contributed by atoms with Gasteiger partial charge < -0.3 is 11.1 Å². The summed E-state index contributed by atoms with van der Waals surface area (Å²) >= 11 is 0. The Kier molecular flexibility index (Phi) is 7.55. The highest BCUT2D eigenvalue weighted by Crippen LogP contribution is 2.15. The lowest BCUT2D eigenvalue weighted by atomic mass is 10.2. The topological polar surface area (TPSA) is 101 Å². The van der Waals surface area contributed by atoms with E-state index in [4.69, 9.17) is 5.73 Å². The Labute approximate surface area is 125 Å². The van der Waals surface area contributed by atoms with E-state index < -0.39 is 16.1 Å². The maximum absolute atomic E-state index is 11.6. The zero-order chi connectivity index (χ0) is 14.5. The molecule has 4 N–H and O–H groups in total. The van der Waals surface area contributed by atoms with E-state index in [2.05, 4.69) is 10.0 Å². The normalized spacial score (nSPS) is 12.2. The van der Waals surface area contributed by atoms with E-state index in [-0.39, 0.29) is 24.1 Å². The number of sulfonamides is 1. The van der Waals surface area contributed by atoms with Gasteiger partial charge in [0.15, 0.2) is 0 Å². The number of carbonyl (C=O) groups excluding carboxylic acids is 1. The van der Waals surface area contributed by atoms with Gasteiger partial charge in [-0.3, -0.25) is 9.52 Å². The largest absolute Gasteiger partial charge is 0.325 e. The van der Waals surface area contributed by atoms with Crippen LogP contribution in [-0.4, -0.2) is 26.1 Å². The second kappa shape index (κ2) is 8.08. The van der Waals surface area contributed by atoms with Gasteiger partial charge in [0.25, 0.3) is 0 Å². The number of halogens is 1. The molecule has 0 aliphatic heterocycles. The Morgan fingerprint density at radius 2 is 1.75 bits per heavy atom. The molecule has 8 heteroatoms. The van der Waals surface area contributed by atoms with Crippen LogP contribution in [0.3, 0.4) is 0 Å². The lowest BCUT2D eigenvalue weighted by Gasteiger charge is -2.10. The third-order valence-electron chi connectivity index (χ3n) is 2.31. The fourth-order valence-electron chi connectivity index (χ4n) is 1.38. The van der Waals surface area contributed by atoms with Crippen molar-refractivity contribution < 1.29 is 13.2 Å². The quantitative estimate of drug-likeness (QED) is 0.739. The van der Waals surface area contributed by atoms with Gasteiger partial charge in [-0.2, -0.15) is 0 Å². The van der Waals surface area contributed by atoms with Crippen molar-refractivity contribution in [3.05, 3.63) is 24.3 Å². The van der Waals surface area contributed by atoms with Gasteiger partial charge in [-0.1, -0.05) is 6.92 Å². The minimum Gasteiger partial charge on any atom is -0.325 e. The lowest BCUT2D eigenvalue weighted by molar-refractivity contribution is -0.117. The number of benzene rings is 1. The van der Waals surface area contributed by atoms with E-state index in [1.165, 1.54) is 0 Å². The lowest BCUT2D eigenvalue weighted by Crippen LogP contribution is -2.32. The van der Waals surface area contributed by atoms with Gasteiger partial charge in [0, 0.05) is 11.4 Å². The van der Waals surface area contributed by atoms with Crippen molar-refractivity contribution in [2.24, 2.45) is 5.73 Å². The van der Waals surface area contributed by atoms with Crippen LogP contribution in [0.4, 0.5) is 11.4 Å². The van der Waals surface area contributed by atoms with Gasteiger partial charge in [-0.05, 0) is 37.6 Å². The predicted octanol–water partition coefficient (Wildman–Crippen LogP) is 1.55. The predicted molar refractivity (Wildman–Crippen MR) is 83.7 cm³/mol. The van der Waals surface area contributed by atoms with E-state index in [1.807, 2.05) is 0 Å². The Bertz CT molecular complexity index is 529. The molecule has 0 radical (unpaired) electrons. The van der Waals surface area contributed by atoms with Gasteiger partial charge >= 0.3 is 0 Å². The van der Waals surface area contributed by atoms with Crippen LogP contribution in [0.2, 0.25) is 0 Å². The summed E-state index contributed by atoms with van der Waals surface area (Å²) in [4.78, 5) is 11.4. The smallest absolute Gasteiger partial charge is 0.240 e.